The zero-order valence-corrected chi connectivity index (χ0v) is 5.39. The molecule has 54 valence electrons. The summed E-state index contributed by atoms with van der Waals surface area (Å²) in [6, 6.07) is 0. The minimum atomic E-state index is -0.341. The molecule has 0 saturated carbocycles. The third-order valence-electron chi connectivity index (χ3n) is 0.755. The van der Waals surface area contributed by atoms with E-state index in [9.17, 15) is 4.79 Å². The van der Waals surface area contributed by atoms with Gasteiger partial charge in [0.05, 0.1) is 0 Å². The van der Waals surface area contributed by atoms with Gasteiger partial charge in [-0.1, -0.05) is 0 Å². The van der Waals surface area contributed by atoms with Gasteiger partial charge in [-0.3, -0.25) is 4.79 Å². The van der Waals surface area contributed by atoms with Crippen LogP contribution in [0.2, 0.25) is 0 Å². The van der Waals surface area contributed by atoms with E-state index in [2.05, 4.69) is 10.3 Å². The van der Waals surface area contributed by atoms with Crippen LogP contribution in [0.1, 0.15) is 12.8 Å². The highest BCUT2D eigenvalue weighted by Gasteiger charge is 1.98. The van der Waals surface area contributed by atoms with E-state index in [0.717, 1.165) is 0 Å². The van der Waals surface area contributed by atoms with Crippen molar-refractivity contribution in [1.82, 2.24) is 5.48 Å². The van der Waals surface area contributed by atoms with Gasteiger partial charge in [0.25, 0.3) is 0 Å². The van der Waals surface area contributed by atoms with Crippen molar-refractivity contribution >= 4 is 5.97 Å². The first-order valence-corrected chi connectivity index (χ1v) is 2.78. The molecule has 0 aliphatic heterocycles. The number of carbonyl (C=O) groups excluding carboxylic acids is 1. The Kier molecular flexibility index (Phi) is 5.15. The first kappa shape index (κ1) is 8.39. The molecule has 0 aromatic rings. The number of rotatable bonds is 4. The first-order valence-electron chi connectivity index (χ1n) is 2.78. The molecule has 0 heterocycles. The van der Waals surface area contributed by atoms with Crippen LogP contribution in [-0.4, -0.2) is 24.7 Å². The molecule has 0 aromatic heterocycles. The largest absolute Gasteiger partial charge is 0.396 e. The van der Waals surface area contributed by atoms with Crippen molar-refractivity contribution in [3.8, 4) is 0 Å². The average Bonchev–Trinajstić information content (AvgIpc) is 1.85. The van der Waals surface area contributed by atoms with Crippen LogP contribution < -0.4 is 5.48 Å². The van der Waals surface area contributed by atoms with Crippen molar-refractivity contribution in [3.63, 3.8) is 0 Å². The van der Waals surface area contributed by atoms with Gasteiger partial charge in [0.15, 0.2) is 0 Å². The highest BCUT2D eigenvalue weighted by Crippen LogP contribution is 1.87. The summed E-state index contributed by atoms with van der Waals surface area (Å²) in [6.07, 6.45) is 0.720. The molecule has 2 N–H and O–H groups in total. The quantitative estimate of drug-likeness (QED) is 0.504. The molecule has 0 amide bonds. The van der Waals surface area contributed by atoms with Crippen molar-refractivity contribution in [3.05, 3.63) is 0 Å². The Bertz CT molecular complexity index is 84.3. The fraction of sp³-hybridized carbons (Fsp3) is 0.800. The van der Waals surface area contributed by atoms with Gasteiger partial charge in [-0.25, -0.2) is 0 Å². The van der Waals surface area contributed by atoms with Crippen molar-refractivity contribution in [2.45, 2.75) is 12.8 Å². The Morgan fingerprint density at radius 1 is 1.78 bits per heavy atom. The molecule has 0 radical (unpaired) electrons. The monoisotopic (exact) mass is 133 g/mol. The number of aliphatic hydroxyl groups excluding tert-OH is 1. The lowest BCUT2D eigenvalue weighted by molar-refractivity contribution is -0.150. The third kappa shape index (κ3) is 5.26. The number of carbonyl (C=O) groups is 1. The van der Waals surface area contributed by atoms with Crippen molar-refractivity contribution in [2.24, 2.45) is 0 Å². The zero-order chi connectivity index (χ0) is 7.11. The summed E-state index contributed by atoms with van der Waals surface area (Å²) in [5, 5.41) is 8.26. The van der Waals surface area contributed by atoms with Crippen LogP contribution in [0, 0.1) is 0 Å². The molecule has 0 atom stereocenters. The summed E-state index contributed by atoms with van der Waals surface area (Å²) in [7, 11) is 1.51. The predicted octanol–water partition coefficient (Wildman–Crippen LogP) is -0.564. The van der Waals surface area contributed by atoms with Gasteiger partial charge in [0.2, 0.25) is 0 Å². The maximum Gasteiger partial charge on any atom is 0.324 e. The van der Waals surface area contributed by atoms with Crippen molar-refractivity contribution in [2.75, 3.05) is 13.7 Å². The molecular weight excluding hydrogens is 122 g/mol. The molecule has 0 spiro atoms. The summed E-state index contributed by atoms with van der Waals surface area (Å²) >= 11 is 0. The summed E-state index contributed by atoms with van der Waals surface area (Å²) in [5.74, 6) is -0.341. The maximum atomic E-state index is 10.4. The van der Waals surface area contributed by atoms with Gasteiger partial charge >= 0.3 is 5.97 Å². The van der Waals surface area contributed by atoms with Crippen molar-refractivity contribution in [1.29, 1.82) is 0 Å². The fourth-order valence-electron chi connectivity index (χ4n) is 0.388. The van der Waals surface area contributed by atoms with Crippen LogP contribution in [0.5, 0.6) is 0 Å². The molecule has 0 bridgehead atoms. The number of hydrogen-bond donors (Lipinski definition) is 2. The molecule has 0 aliphatic rings. The molecule has 0 rings (SSSR count). The third-order valence-corrected chi connectivity index (χ3v) is 0.755. The molecule has 0 aromatic carbocycles. The molecule has 4 nitrogen and oxygen atoms in total. The normalized spacial score (nSPS) is 9.11. The van der Waals surface area contributed by atoms with E-state index in [4.69, 9.17) is 5.11 Å². The van der Waals surface area contributed by atoms with E-state index in [1.54, 1.807) is 0 Å². The number of nitrogens with one attached hydrogen (secondary N) is 1. The van der Waals surface area contributed by atoms with E-state index >= 15 is 0 Å². The summed E-state index contributed by atoms with van der Waals surface area (Å²) in [4.78, 5) is 14.8. The second kappa shape index (κ2) is 5.53. The van der Waals surface area contributed by atoms with Crippen LogP contribution in [0.25, 0.3) is 0 Å². The second-order valence-corrected chi connectivity index (χ2v) is 1.51. The van der Waals surface area contributed by atoms with Crippen LogP contribution in [0.15, 0.2) is 0 Å². The van der Waals surface area contributed by atoms with Gasteiger partial charge in [0.1, 0.15) is 0 Å². The molecule has 9 heavy (non-hydrogen) atoms. The molecule has 0 saturated heterocycles. The molecular formula is C5H11NO3. The molecule has 0 unspecified atom stereocenters. The number of hydrogen-bond acceptors (Lipinski definition) is 4. The van der Waals surface area contributed by atoms with Crippen LogP contribution in [0.3, 0.4) is 0 Å². The smallest absolute Gasteiger partial charge is 0.324 e. The minimum absolute atomic E-state index is 0.0266. The lowest BCUT2D eigenvalue weighted by Crippen LogP contribution is -2.14. The Hall–Kier alpha value is -0.610. The zero-order valence-electron chi connectivity index (χ0n) is 5.39. The summed E-state index contributed by atoms with van der Waals surface area (Å²) in [6.45, 7) is 0.0266. The Morgan fingerprint density at radius 3 is 2.89 bits per heavy atom. The molecule has 0 aliphatic carbocycles. The van der Waals surface area contributed by atoms with E-state index < -0.39 is 0 Å². The highest BCUT2D eigenvalue weighted by molar-refractivity contribution is 5.68. The summed E-state index contributed by atoms with van der Waals surface area (Å²) < 4.78 is 0. The van der Waals surface area contributed by atoms with Gasteiger partial charge in [-0.15, -0.1) is 0 Å². The summed E-state index contributed by atoms with van der Waals surface area (Å²) in [5.41, 5.74) is 2.25. The number of aliphatic hydroxyl groups is 1. The fourth-order valence-corrected chi connectivity index (χ4v) is 0.388. The van der Waals surface area contributed by atoms with E-state index in [1.807, 2.05) is 0 Å². The lowest BCUT2D eigenvalue weighted by Gasteiger charge is -1.97. The van der Waals surface area contributed by atoms with Gasteiger partial charge in [-0.2, -0.15) is 5.48 Å². The van der Waals surface area contributed by atoms with Gasteiger partial charge < -0.3 is 9.94 Å². The maximum absolute atomic E-state index is 10.4. The van der Waals surface area contributed by atoms with Crippen LogP contribution in [0.4, 0.5) is 0 Å². The van der Waals surface area contributed by atoms with E-state index in [-0.39, 0.29) is 19.0 Å². The predicted molar refractivity (Wildman–Crippen MR) is 31.5 cm³/mol. The van der Waals surface area contributed by atoms with E-state index in [1.165, 1.54) is 7.05 Å². The second-order valence-electron chi connectivity index (χ2n) is 1.51. The topological polar surface area (TPSA) is 58.6 Å². The van der Waals surface area contributed by atoms with Gasteiger partial charge in [-0.05, 0) is 6.42 Å². The van der Waals surface area contributed by atoms with Crippen LogP contribution in [-0.2, 0) is 9.63 Å². The Morgan fingerprint density at radius 2 is 2.44 bits per heavy atom. The Labute approximate surface area is 53.8 Å². The first-order chi connectivity index (χ1) is 4.31. The standard InChI is InChI=1S/C5H11NO3/c1-6-9-5(8)3-2-4-7/h6-7H,2-4H2,1H3. The molecule has 0 fully saturated rings. The Balaban J connectivity index is 3.06. The lowest BCUT2D eigenvalue weighted by atomic mass is 10.3. The van der Waals surface area contributed by atoms with Crippen molar-refractivity contribution < 1.29 is 14.7 Å². The van der Waals surface area contributed by atoms with E-state index in [0.29, 0.717) is 6.42 Å². The highest BCUT2D eigenvalue weighted by atomic mass is 16.7. The number of hydroxylamine groups is 1. The SMILES string of the molecule is CNOC(=O)CCCO. The average molecular weight is 133 g/mol. The molecule has 4 heteroatoms. The van der Waals surface area contributed by atoms with Gasteiger partial charge in [0, 0.05) is 20.1 Å². The van der Waals surface area contributed by atoms with Crippen LogP contribution >= 0.6 is 0 Å². The minimum Gasteiger partial charge on any atom is -0.396 e.